The topological polar surface area (TPSA) is 75.4 Å². The van der Waals surface area contributed by atoms with Gasteiger partial charge in [-0.15, -0.1) is 0 Å². The Labute approximate surface area is 114 Å². The first kappa shape index (κ1) is 14.3. The zero-order chi connectivity index (χ0) is 13.9. The SMILES string of the molecule is CC(=O)NC1CCCN(C(=O)CC2(CN)CCC2)C1. The van der Waals surface area contributed by atoms with Crippen LogP contribution in [0.3, 0.4) is 0 Å². The molecule has 2 aliphatic rings. The molecule has 1 unspecified atom stereocenters. The van der Waals surface area contributed by atoms with Crippen molar-refractivity contribution in [3.8, 4) is 0 Å². The second-order valence-corrected chi connectivity index (χ2v) is 6.11. The molecule has 2 amide bonds. The molecule has 0 bridgehead atoms. The van der Waals surface area contributed by atoms with Crippen LogP contribution < -0.4 is 11.1 Å². The zero-order valence-corrected chi connectivity index (χ0v) is 11.8. The van der Waals surface area contributed by atoms with Crippen LogP contribution in [0.2, 0.25) is 0 Å². The molecule has 0 aromatic heterocycles. The largest absolute Gasteiger partial charge is 0.352 e. The van der Waals surface area contributed by atoms with E-state index >= 15 is 0 Å². The summed E-state index contributed by atoms with van der Waals surface area (Å²) in [4.78, 5) is 25.3. The van der Waals surface area contributed by atoms with E-state index in [-0.39, 0.29) is 23.3 Å². The smallest absolute Gasteiger partial charge is 0.223 e. The summed E-state index contributed by atoms with van der Waals surface area (Å²) in [7, 11) is 0. The van der Waals surface area contributed by atoms with Gasteiger partial charge in [0.2, 0.25) is 11.8 Å². The number of hydrogen-bond donors (Lipinski definition) is 2. The predicted molar refractivity (Wildman–Crippen MR) is 73.4 cm³/mol. The minimum atomic E-state index is -0.0169. The average molecular weight is 267 g/mol. The minimum Gasteiger partial charge on any atom is -0.352 e. The summed E-state index contributed by atoms with van der Waals surface area (Å²) in [5, 5.41) is 2.91. The highest BCUT2D eigenvalue weighted by Gasteiger charge is 2.39. The van der Waals surface area contributed by atoms with Gasteiger partial charge < -0.3 is 16.0 Å². The van der Waals surface area contributed by atoms with Crippen LogP contribution in [0.5, 0.6) is 0 Å². The molecule has 1 heterocycles. The fourth-order valence-electron chi connectivity index (χ4n) is 3.17. The van der Waals surface area contributed by atoms with E-state index in [1.165, 1.54) is 13.3 Å². The summed E-state index contributed by atoms with van der Waals surface area (Å²) < 4.78 is 0. The molecule has 0 radical (unpaired) electrons. The molecule has 5 heteroatoms. The Hall–Kier alpha value is -1.10. The predicted octanol–water partition coefficient (Wildman–Crippen LogP) is 0.633. The fraction of sp³-hybridized carbons (Fsp3) is 0.857. The van der Waals surface area contributed by atoms with Crippen molar-refractivity contribution in [2.45, 2.75) is 51.5 Å². The summed E-state index contributed by atoms with van der Waals surface area (Å²) in [6, 6.07) is 0.116. The molecule has 0 aromatic rings. The number of nitrogens with zero attached hydrogens (tertiary/aromatic N) is 1. The number of nitrogens with two attached hydrogens (primary N) is 1. The maximum atomic E-state index is 12.4. The number of amides is 2. The Bertz CT molecular complexity index is 347. The quantitative estimate of drug-likeness (QED) is 0.784. The Morgan fingerprint density at radius 1 is 1.37 bits per heavy atom. The van der Waals surface area contributed by atoms with Crippen molar-refractivity contribution < 1.29 is 9.59 Å². The molecule has 1 atom stereocenters. The van der Waals surface area contributed by atoms with Crippen LogP contribution in [0.1, 0.15) is 45.4 Å². The number of likely N-dealkylation sites (tertiary alicyclic amines) is 1. The maximum absolute atomic E-state index is 12.4. The lowest BCUT2D eigenvalue weighted by Gasteiger charge is -2.42. The summed E-state index contributed by atoms with van der Waals surface area (Å²) in [6.07, 6.45) is 5.86. The number of piperidine rings is 1. The maximum Gasteiger partial charge on any atom is 0.223 e. The van der Waals surface area contributed by atoms with Gasteiger partial charge in [0.1, 0.15) is 0 Å². The van der Waals surface area contributed by atoms with Crippen LogP contribution in [0.15, 0.2) is 0 Å². The van der Waals surface area contributed by atoms with Crippen LogP contribution in [-0.2, 0) is 9.59 Å². The lowest BCUT2D eigenvalue weighted by molar-refractivity contribution is -0.137. The zero-order valence-electron chi connectivity index (χ0n) is 11.8. The summed E-state index contributed by atoms with van der Waals surface area (Å²) in [6.45, 7) is 3.61. The molecule has 1 aliphatic carbocycles. The highest BCUT2D eigenvalue weighted by molar-refractivity contribution is 5.77. The normalized spacial score (nSPS) is 25.6. The van der Waals surface area contributed by atoms with Crippen LogP contribution in [0.25, 0.3) is 0 Å². The van der Waals surface area contributed by atoms with E-state index in [1.807, 2.05) is 4.90 Å². The molecule has 108 valence electrons. The van der Waals surface area contributed by atoms with Crippen molar-refractivity contribution in [2.24, 2.45) is 11.1 Å². The molecule has 0 aromatic carbocycles. The fourth-order valence-corrected chi connectivity index (χ4v) is 3.17. The van der Waals surface area contributed by atoms with Gasteiger partial charge in [-0.25, -0.2) is 0 Å². The molecule has 0 spiro atoms. The van der Waals surface area contributed by atoms with Crippen molar-refractivity contribution in [3.05, 3.63) is 0 Å². The van der Waals surface area contributed by atoms with Crippen molar-refractivity contribution in [2.75, 3.05) is 19.6 Å². The third-order valence-electron chi connectivity index (χ3n) is 4.55. The molecule has 1 saturated heterocycles. The first-order valence-corrected chi connectivity index (χ1v) is 7.30. The van der Waals surface area contributed by atoms with Crippen molar-refractivity contribution >= 4 is 11.8 Å². The first-order chi connectivity index (χ1) is 9.04. The van der Waals surface area contributed by atoms with Gasteiger partial charge in [-0.3, -0.25) is 9.59 Å². The highest BCUT2D eigenvalue weighted by atomic mass is 16.2. The number of hydrogen-bond acceptors (Lipinski definition) is 3. The van der Waals surface area contributed by atoms with Crippen molar-refractivity contribution in [1.82, 2.24) is 10.2 Å². The van der Waals surface area contributed by atoms with Gasteiger partial charge in [0.15, 0.2) is 0 Å². The average Bonchev–Trinajstić information content (AvgIpc) is 2.33. The van der Waals surface area contributed by atoms with E-state index in [0.717, 1.165) is 32.2 Å². The lowest BCUT2D eigenvalue weighted by atomic mass is 9.66. The Morgan fingerprint density at radius 3 is 2.63 bits per heavy atom. The van der Waals surface area contributed by atoms with Crippen LogP contribution in [-0.4, -0.2) is 42.4 Å². The number of carbonyl (C=O) groups is 2. The third kappa shape index (κ3) is 3.47. The van der Waals surface area contributed by atoms with Crippen LogP contribution in [0.4, 0.5) is 0 Å². The molecular formula is C14H25N3O2. The van der Waals surface area contributed by atoms with Gasteiger partial charge >= 0.3 is 0 Å². The lowest BCUT2D eigenvalue weighted by Crippen LogP contribution is -2.51. The Morgan fingerprint density at radius 2 is 2.11 bits per heavy atom. The summed E-state index contributed by atoms with van der Waals surface area (Å²) >= 11 is 0. The first-order valence-electron chi connectivity index (χ1n) is 7.30. The van der Waals surface area contributed by atoms with Gasteiger partial charge in [0.25, 0.3) is 0 Å². The van der Waals surface area contributed by atoms with Gasteiger partial charge in [0, 0.05) is 32.5 Å². The number of carbonyl (C=O) groups excluding carboxylic acids is 2. The molecule has 2 fully saturated rings. The highest BCUT2D eigenvalue weighted by Crippen LogP contribution is 2.43. The third-order valence-corrected chi connectivity index (χ3v) is 4.55. The molecule has 1 saturated carbocycles. The van der Waals surface area contributed by atoms with Gasteiger partial charge in [-0.1, -0.05) is 6.42 Å². The standard InChI is InChI=1S/C14H25N3O2/c1-11(18)16-12-4-2-7-17(9-12)13(19)8-14(10-15)5-3-6-14/h12H,2-10,15H2,1H3,(H,16,18). The van der Waals surface area contributed by atoms with Crippen LogP contribution in [0, 0.1) is 5.41 Å². The van der Waals surface area contributed by atoms with Gasteiger partial charge in [-0.2, -0.15) is 0 Å². The second-order valence-electron chi connectivity index (χ2n) is 6.11. The molecule has 3 N–H and O–H groups in total. The molecule has 5 nitrogen and oxygen atoms in total. The monoisotopic (exact) mass is 267 g/mol. The van der Waals surface area contributed by atoms with Crippen LogP contribution >= 0.6 is 0 Å². The van der Waals surface area contributed by atoms with E-state index in [1.54, 1.807) is 0 Å². The van der Waals surface area contributed by atoms with E-state index < -0.39 is 0 Å². The van der Waals surface area contributed by atoms with E-state index in [9.17, 15) is 9.59 Å². The van der Waals surface area contributed by atoms with Gasteiger partial charge in [-0.05, 0) is 37.6 Å². The number of rotatable bonds is 4. The Balaban J connectivity index is 1.86. The van der Waals surface area contributed by atoms with E-state index in [2.05, 4.69) is 5.32 Å². The molecule has 2 rings (SSSR count). The number of nitrogens with one attached hydrogen (secondary N) is 1. The Kier molecular flexibility index (Phi) is 4.45. The molecular weight excluding hydrogens is 242 g/mol. The van der Waals surface area contributed by atoms with Gasteiger partial charge in [0.05, 0.1) is 0 Å². The van der Waals surface area contributed by atoms with Crippen molar-refractivity contribution in [3.63, 3.8) is 0 Å². The second kappa shape index (κ2) is 5.90. The van der Waals surface area contributed by atoms with Crippen molar-refractivity contribution in [1.29, 1.82) is 0 Å². The summed E-state index contributed by atoms with van der Waals surface area (Å²) in [5.41, 5.74) is 5.88. The molecule has 1 aliphatic heterocycles. The molecule has 19 heavy (non-hydrogen) atoms. The summed E-state index contributed by atoms with van der Waals surface area (Å²) in [5.74, 6) is 0.192. The van der Waals surface area contributed by atoms with E-state index in [4.69, 9.17) is 5.73 Å². The minimum absolute atomic E-state index is 0.0169. The van der Waals surface area contributed by atoms with E-state index in [0.29, 0.717) is 19.5 Å².